The van der Waals surface area contributed by atoms with Crippen molar-refractivity contribution in [2.24, 2.45) is 0 Å². The van der Waals surface area contributed by atoms with Crippen LogP contribution in [-0.4, -0.2) is 37.8 Å². The van der Waals surface area contributed by atoms with Crippen molar-refractivity contribution in [2.45, 2.75) is 36.7 Å². The Morgan fingerprint density at radius 1 is 0.973 bits per heavy atom. The molecule has 1 saturated heterocycles. The molecule has 1 fully saturated rings. The van der Waals surface area contributed by atoms with Gasteiger partial charge in [-0.2, -0.15) is 0 Å². The number of nitrogens with zero attached hydrogens (tertiary/aromatic N) is 3. The number of ether oxygens (including phenoxy) is 2. The summed E-state index contributed by atoms with van der Waals surface area (Å²) in [6, 6.07) is 20.5. The van der Waals surface area contributed by atoms with E-state index in [1.807, 2.05) is 48.5 Å². The summed E-state index contributed by atoms with van der Waals surface area (Å²) in [5.41, 5.74) is 3.77. The van der Waals surface area contributed by atoms with Gasteiger partial charge in [0.1, 0.15) is 0 Å². The molecular formula is C28H26N4O4S. The Hall–Kier alpha value is -3.63. The van der Waals surface area contributed by atoms with E-state index in [9.17, 15) is 9.90 Å². The summed E-state index contributed by atoms with van der Waals surface area (Å²) in [6.45, 7) is -0.00850. The molecule has 2 aromatic carbocycles. The van der Waals surface area contributed by atoms with Crippen LogP contribution in [0.1, 0.15) is 45.9 Å². The highest BCUT2D eigenvalue weighted by Gasteiger charge is 2.32. The number of nitrogens with one attached hydrogen (secondary N) is 1. The second-order valence-electron chi connectivity index (χ2n) is 8.51. The minimum atomic E-state index is -0.631. The second-order valence-corrected chi connectivity index (χ2v) is 9.50. The number of benzene rings is 2. The van der Waals surface area contributed by atoms with Crippen LogP contribution in [0.2, 0.25) is 0 Å². The monoisotopic (exact) mass is 514 g/mol. The quantitative estimate of drug-likeness (QED) is 0.251. The third-order valence-electron chi connectivity index (χ3n) is 5.90. The SMILES string of the molecule is O=C(Nc1cccc(C2OC(CSc3ncccn3)CC(c3ccc(CO)cc3)O2)c1)c1cccnc1. The van der Waals surface area contributed by atoms with Gasteiger partial charge in [0.2, 0.25) is 0 Å². The fourth-order valence-electron chi connectivity index (χ4n) is 4.01. The number of aromatic nitrogens is 3. The minimum absolute atomic E-state index is 0.00850. The van der Waals surface area contributed by atoms with Gasteiger partial charge in [0.15, 0.2) is 11.4 Å². The summed E-state index contributed by atoms with van der Waals surface area (Å²) in [5, 5.41) is 13.0. The topological polar surface area (TPSA) is 106 Å². The predicted octanol–water partition coefficient (Wildman–Crippen LogP) is 4.95. The molecule has 9 heteroatoms. The molecule has 0 radical (unpaired) electrons. The maximum atomic E-state index is 12.6. The first-order valence-electron chi connectivity index (χ1n) is 11.9. The van der Waals surface area contributed by atoms with E-state index in [1.165, 1.54) is 18.0 Å². The van der Waals surface area contributed by atoms with Gasteiger partial charge in [0.05, 0.1) is 24.4 Å². The summed E-state index contributed by atoms with van der Waals surface area (Å²) in [4.78, 5) is 25.2. The van der Waals surface area contributed by atoms with Crippen molar-refractivity contribution in [3.63, 3.8) is 0 Å². The van der Waals surface area contributed by atoms with E-state index in [1.54, 1.807) is 36.8 Å². The molecule has 0 saturated carbocycles. The smallest absolute Gasteiger partial charge is 0.257 e. The highest BCUT2D eigenvalue weighted by Crippen LogP contribution is 2.39. The van der Waals surface area contributed by atoms with Gasteiger partial charge in [-0.3, -0.25) is 9.78 Å². The lowest BCUT2D eigenvalue weighted by atomic mass is 10.0. The predicted molar refractivity (Wildman–Crippen MR) is 140 cm³/mol. The molecule has 3 heterocycles. The highest BCUT2D eigenvalue weighted by atomic mass is 32.2. The number of thioether (sulfide) groups is 1. The molecule has 1 aliphatic rings. The number of hydrogen-bond donors (Lipinski definition) is 2. The van der Waals surface area contributed by atoms with Crippen LogP contribution < -0.4 is 5.32 Å². The van der Waals surface area contributed by atoms with Gasteiger partial charge in [-0.1, -0.05) is 48.2 Å². The van der Waals surface area contributed by atoms with Gasteiger partial charge >= 0.3 is 0 Å². The van der Waals surface area contributed by atoms with Crippen LogP contribution in [0.15, 0.2) is 96.7 Å². The maximum absolute atomic E-state index is 12.6. The van der Waals surface area contributed by atoms with Crippen molar-refractivity contribution in [3.05, 3.63) is 114 Å². The summed E-state index contributed by atoms with van der Waals surface area (Å²) in [7, 11) is 0. The first-order chi connectivity index (χ1) is 18.2. The number of pyridine rings is 1. The third-order valence-corrected chi connectivity index (χ3v) is 6.90. The van der Waals surface area contributed by atoms with Gasteiger partial charge in [-0.05, 0) is 41.5 Å². The van der Waals surface area contributed by atoms with Crippen LogP contribution >= 0.6 is 11.8 Å². The Labute approximate surface area is 219 Å². The van der Waals surface area contributed by atoms with Crippen LogP contribution in [0.3, 0.4) is 0 Å². The van der Waals surface area contributed by atoms with Gasteiger partial charge in [-0.25, -0.2) is 9.97 Å². The molecular weight excluding hydrogens is 488 g/mol. The summed E-state index contributed by atoms with van der Waals surface area (Å²) in [6.07, 6.45) is 6.30. The van der Waals surface area contributed by atoms with Crippen molar-refractivity contribution in [1.29, 1.82) is 0 Å². The molecule has 3 unspecified atom stereocenters. The number of aliphatic hydroxyl groups excluding tert-OH is 1. The van der Waals surface area contributed by atoms with E-state index < -0.39 is 6.29 Å². The van der Waals surface area contributed by atoms with Gasteiger partial charge in [0.25, 0.3) is 5.91 Å². The van der Waals surface area contributed by atoms with Crippen molar-refractivity contribution in [2.75, 3.05) is 11.1 Å². The van der Waals surface area contributed by atoms with E-state index in [2.05, 4.69) is 20.3 Å². The minimum Gasteiger partial charge on any atom is -0.392 e. The van der Waals surface area contributed by atoms with E-state index in [0.717, 1.165) is 16.7 Å². The van der Waals surface area contributed by atoms with Crippen LogP contribution in [0.5, 0.6) is 0 Å². The molecule has 2 N–H and O–H groups in total. The zero-order valence-corrected chi connectivity index (χ0v) is 20.8. The van der Waals surface area contributed by atoms with Gasteiger partial charge in [-0.15, -0.1) is 0 Å². The average molecular weight is 515 g/mol. The van der Waals surface area contributed by atoms with E-state index in [4.69, 9.17) is 9.47 Å². The molecule has 37 heavy (non-hydrogen) atoms. The van der Waals surface area contributed by atoms with Crippen LogP contribution in [0.25, 0.3) is 0 Å². The molecule has 2 aromatic heterocycles. The molecule has 8 nitrogen and oxygen atoms in total. The molecule has 1 amide bonds. The Kier molecular flexibility index (Phi) is 8.17. The van der Waals surface area contributed by atoms with E-state index >= 15 is 0 Å². The molecule has 5 rings (SSSR count). The second kappa shape index (κ2) is 12.1. The lowest BCUT2D eigenvalue weighted by Gasteiger charge is -2.36. The number of hydrogen-bond acceptors (Lipinski definition) is 8. The first-order valence-corrected chi connectivity index (χ1v) is 12.9. The molecule has 3 atom stereocenters. The van der Waals surface area contributed by atoms with Crippen LogP contribution in [0.4, 0.5) is 5.69 Å². The van der Waals surface area contributed by atoms with Crippen molar-refractivity contribution in [3.8, 4) is 0 Å². The number of carbonyl (C=O) groups excluding carboxylic acids is 1. The molecule has 0 spiro atoms. The third kappa shape index (κ3) is 6.58. The Balaban J connectivity index is 1.35. The van der Waals surface area contributed by atoms with Gasteiger partial charge in [0, 0.05) is 48.2 Å². The number of rotatable bonds is 8. The lowest BCUT2D eigenvalue weighted by molar-refractivity contribution is -0.245. The molecule has 4 aromatic rings. The Bertz CT molecular complexity index is 1310. The van der Waals surface area contributed by atoms with E-state index in [0.29, 0.717) is 28.6 Å². The molecule has 0 bridgehead atoms. The summed E-state index contributed by atoms with van der Waals surface area (Å²) in [5.74, 6) is 0.418. The molecule has 188 valence electrons. The number of aliphatic hydroxyl groups is 1. The van der Waals surface area contributed by atoms with Crippen molar-refractivity contribution < 1.29 is 19.4 Å². The van der Waals surface area contributed by atoms with Gasteiger partial charge < -0.3 is 19.9 Å². The van der Waals surface area contributed by atoms with Crippen molar-refractivity contribution in [1.82, 2.24) is 15.0 Å². The number of anilines is 1. The maximum Gasteiger partial charge on any atom is 0.257 e. The Morgan fingerprint density at radius 2 is 1.81 bits per heavy atom. The normalized spacial score (nSPS) is 19.3. The Morgan fingerprint density at radius 3 is 2.57 bits per heavy atom. The van der Waals surface area contributed by atoms with Crippen LogP contribution in [0, 0.1) is 0 Å². The summed E-state index contributed by atoms with van der Waals surface area (Å²) >= 11 is 1.54. The van der Waals surface area contributed by atoms with E-state index in [-0.39, 0.29) is 24.7 Å². The lowest BCUT2D eigenvalue weighted by Crippen LogP contribution is -2.31. The standard InChI is InChI=1S/C28H26N4O4S/c33-17-19-7-9-20(10-8-19)25-15-24(18-37-28-30-12-3-13-31-28)35-27(36-25)21-4-1-6-23(14-21)32-26(34)22-5-2-11-29-16-22/h1-14,16,24-25,27,33H,15,17-18H2,(H,32,34). The zero-order valence-electron chi connectivity index (χ0n) is 19.9. The van der Waals surface area contributed by atoms with Crippen molar-refractivity contribution >= 4 is 23.4 Å². The zero-order chi connectivity index (χ0) is 25.5. The molecule has 1 aliphatic heterocycles. The summed E-state index contributed by atoms with van der Waals surface area (Å²) < 4.78 is 12.8. The fourth-order valence-corrected chi connectivity index (χ4v) is 4.83. The average Bonchev–Trinajstić information content (AvgIpc) is 2.97. The first kappa shape index (κ1) is 25.0. The highest BCUT2D eigenvalue weighted by molar-refractivity contribution is 7.99. The fraction of sp³-hybridized carbons (Fsp3) is 0.214. The van der Waals surface area contributed by atoms with Crippen LogP contribution in [-0.2, 0) is 16.1 Å². The largest absolute Gasteiger partial charge is 0.392 e. The molecule has 0 aliphatic carbocycles. The number of carbonyl (C=O) groups is 1. The number of amides is 1.